The van der Waals surface area contributed by atoms with Gasteiger partial charge in [0.15, 0.2) is 0 Å². The normalized spacial score (nSPS) is 25.5. The van der Waals surface area contributed by atoms with Gasteiger partial charge in [0.2, 0.25) is 0 Å². The van der Waals surface area contributed by atoms with E-state index in [0.717, 1.165) is 24.9 Å². The number of hydrogen-bond donors (Lipinski definition) is 1. The van der Waals surface area contributed by atoms with Crippen molar-refractivity contribution >= 4 is 29.5 Å². The molecular formula is C11H11Cl2NO. The number of aldehydes is 1. The summed E-state index contributed by atoms with van der Waals surface area (Å²) < 4.78 is 0. The molecular weight excluding hydrogens is 233 g/mol. The van der Waals surface area contributed by atoms with E-state index < -0.39 is 0 Å². The second-order valence-electron chi connectivity index (χ2n) is 3.74. The largest absolute Gasteiger partial charge is 0.315 e. The van der Waals surface area contributed by atoms with Crippen molar-refractivity contribution in [2.24, 2.45) is 5.92 Å². The van der Waals surface area contributed by atoms with Crippen LogP contribution in [0.2, 0.25) is 10.0 Å². The second-order valence-corrected chi connectivity index (χ2v) is 4.55. The van der Waals surface area contributed by atoms with Gasteiger partial charge in [-0.2, -0.15) is 0 Å². The molecule has 2 unspecified atom stereocenters. The van der Waals surface area contributed by atoms with Gasteiger partial charge in [-0.1, -0.05) is 29.3 Å². The zero-order valence-corrected chi connectivity index (χ0v) is 9.55. The standard InChI is InChI=1S/C11H11Cl2NO/c12-10-2-1-7(3-11(10)13)9-5-14-4-8(9)6-15/h1-3,6,8-9,14H,4-5H2. The fourth-order valence-corrected chi connectivity index (χ4v) is 2.26. The lowest BCUT2D eigenvalue weighted by atomic mass is 9.90. The molecule has 0 saturated carbocycles. The first-order valence-electron chi connectivity index (χ1n) is 4.83. The maximum atomic E-state index is 10.8. The molecule has 2 atom stereocenters. The Morgan fingerprint density at radius 1 is 1.27 bits per heavy atom. The molecule has 1 aromatic carbocycles. The molecule has 0 aromatic heterocycles. The van der Waals surface area contributed by atoms with Gasteiger partial charge in [-0.15, -0.1) is 0 Å². The summed E-state index contributed by atoms with van der Waals surface area (Å²) in [4.78, 5) is 10.8. The summed E-state index contributed by atoms with van der Waals surface area (Å²) >= 11 is 11.8. The molecule has 0 spiro atoms. The highest BCUT2D eigenvalue weighted by Crippen LogP contribution is 2.31. The summed E-state index contributed by atoms with van der Waals surface area (Å²) in [5, 5.41) is 4.30. The van der Waals surface area contributed by atoms with Crippen LogP contribution in [0, 0.1) is 5.92 Å². The molecule has 1 aliphatic heterocycles. The highest BCUT2D eigenvalue weighted by Gasteiger charge is 2.28. The number of nitrogens with one attached hydrogen (secondary N) is 1. The first-order valence-corrected chi connectivity index (χ1v) is 5.59. The highest BCUT2D eigenvalue weighted by molar-refractivity contribution is 6.42. The van der Waals surface area contributed by atoms with Gasteiger partial charge in [-0.25, -0.2) is 0 Å². The van der Waals surface area contributed by atoms with Gasteiger partial charge in [-0.05, 0) is 17.7 Å². The first kappa shape index (κ1) is 10.9. The van der Waals surface area contributed by atoms with Crippen molar-refractivity contribution in [3.8, 4) is 0 Å². The van der Waals surface area contributed by atoms with Crippen molar-refractivity contribution in [1.82, 2.24) is 5.32 Å². The highest BCUT2D eigenvalue weighted by atomic mass is 35.5. The van der Waals surface area contributed by atoms with E-state index in [-0.39, 0.29) is 11.8 Å². The summed E-state index contributed by atoms with van der Waals surface area (Å²) in [6, 6.07) is 5.56. The van der Waals surface area contributed by atoms with Gasteiger partial charge in [0.1, 0.15) is 6.29 Å². The van der Waals surface area contributed by atoms with Gasteiger partial charge >= 0.3 is 0 Å². The fraction of sp³-hybridized carbons (Fsp3) is 0.364. The Hall–Kier alpha value is -0.570. The average Bonchev–Trinajstić information content (AvgIpc) is 2.70. The third-order valence-corrected chi connectivity index (χ3v) is 3.55. The zero-order valence-electron chi connectivity index (χ0n) is 8.04. The smallest absolute Gasteiger partial charge is 0.125 e. The molecule has 0 bridgehead atoms. The summed E-state index contributed by atoms with van der Waals surface area (Å²) in [7, 11) is 0. The number of carbonyl (C=O) groups excluding carboxylic acids is 1. The van der Waals surface area contributed by atoms with Crippen molar-refractivity contribution in [3.63, 3.8) is 0 Å². The molecule has 1 aliphatic rings. The lowest BCUT2D eigenvalue weighted by Gasteiger charge is -2.14. The van der Waals surface area contributed by atoms with Crippen LogP contribution in [0.3, 0.4) is 0 Å². The zero-order chi connectivity index (χ0) is 10.8. The molecule has 1 fully saturated rings. The second kappa shape index (κ2) is 4.52. The Labute approximate surface area is 98.6 Å². The first-order chi connectivity index (χ1) is 7.22. The predicted molar refractivity (Wildman–Crippen MR) is 61.6 cm³/mol. The molecule has 2 rings (SSSR count). The molecule has 0 aliphatic carbocycles. The Kier molecular flexibility index (Phi) is 3.29. The quantitative estimate of drug-likeness (QED) is 0.810. The lowest BCUT2D eigenvalue weighted by molar-refractivity contribution is -0.110. The van der Waals surface area contributed by atoms with Crippen LogP contribution in [0.1, 0.15) is 11.5 Å². The van der Waals surface area contributed by atoms with E-state index in [1.165, 1.54) is 0 Å². The van der Waals surface area contributed by atoms with Gasteiger partial charge in [-0.3, -0.25) is 0 Å². The van der Waals surface area contributed by atoms with E-state index in [1.54, 1.807) is 6.07 Å². The minimum atomic E-state index is 0.0437. The van der Waals surface area contributed by atoms with Crippen LogP contribution in [0.25, 0.3) is 0 Å². The van der Waals surface area contributed by atoms with Crippen molar-refractivity contribution in [3.05, 3.63) is 33.8 Å². The lowest BCUT2D eigenvalue weighted by Crippen LogP contribution is -2.11. The molecule has 0 amide bonds. The molecule has 1 heterocycles. The summed E-state index contributed by atoms with van der Waals surface area (Å²) in [6.07, 6.45) is 1.01. The van der Waals surface area contributed by atoms with Crippen molar-refractivity contribution in [2.75, 3.05) is 13.1 Å². The van der Waals surface area contributed by atoms with Crippen LogP contribution in [0.15, 0.2) is 18.2 Å². The van der Waals surface area contributed by atoms with Crippen LogP contribution in [-0.2, 0) is 4.79 Å². The van der Waals surface area contributed by atoms with Crippen LogP contribution in [0.5, 0.6) is 0 Å². The average molecular weight is 244 g/mol. The van der Waals surface area contributed by atoms with Crippen LogP contribution >= 0.6 is 23.2 Å². The van der Waals surface area contributed by atoms with E-state index in [9.17, 15) is 4.79 Å². The fourth-order valence-electron chi connectivity index (χ4n) is 1.95. The van der Waals surface area contributed by atoms with Crippen molar-refractivity contribution in [2.45, 2.75) is 5.92 Å². The summed E-state index contributed by atoms with van der Waals surface area (Å²) in [5.74, 6) is 0.263. The minimum absolute atomic E-state index is 0.0437. The molecule has 0 radical (unpaired) electrons. The number of hydrogen-bond acceptors (Lipinski definition) is 2. The van der Waals surface area contributed by atoms with Crippen LogP contribution in [-0.4, -0.2) is 19.4 Å². The molecule has 1 aromatic rings. The number of benzene rings is 1. The third kappa shape index (κ3) is 2.17. The Morgan fingerprint density at radius 2 is 2.07 bits per heavy atom. The van der Waals surface area contributed by atoms with E-state index in [1.807, 2.05) is 12.1 Å². The Morgan fingerprint density at radius 3 is 2.73 bits per heavy atom. The van der Waals surface area contributed by atoms with E-state index >= 15 is 0 Å². The maximum Gasteiger partial charge on any atom is 0.125 e. The monoisotopic (exact) mass is 243 g/mol. The van der Waals surface area contributed by atoms with E-state index in [2.05, 4.69) is 5.32 Å². The maximum absolute atomic E-state index is 10.8. The molecule has 1 N–H and O–H groups in total. The predicted octanol–water partition coefficient (Wildman–Crippen LogP) is 2.50. The molecule has 4 heteroatoms. The Balaban J connectivity index is 2.28. The van der Waals surface area contributed by atoms with Gasteiger partial charge < -0.3 is 10.1 Å². The molecule has 1 saturated heterocycles. The van der Waals surface area contributed by atoms with Crippen molar-refractivity contribution < 1.29 is 4.79 Å². The summed E-state index contributed by atoms with van der Waals surface area (Å²) in [6.45, 7) is 1.57. The minimum Gasteiger partial charge on any atom is -0.315 e. The van der Waals surface area contributed by atoms with Gasteiger partial charge in [0, 0.05) is 24.9 Å². The van der Waals surface area contributed by atoms with E-state index in [4.69, 9.17) is 23.2 Å². The molecule has 80 valence electrons. The van der Waals surface area contributed by atoms with E-state index in [0.29, 0.717) is 10.0 Å². The van der Waals surface area contributed by atoms with Crippen molar-refractivity contribution in [1.29, 1.82) is 0 Å². The molecule has 15 heavy (non-hydrogen) atoms. The SMILES string of the molecule is O=CC1CNCC1c1ccc(Cl)c(Cl)c1. The van der Waals surface area contributed by atoms with Gasteiger partial charge in [0.05, 0.1) is 10.0 Å². The molecule has 2 nitrogen and oxygen atoms in total. The van der Waals surface area contributed by atoms with Crippen LogP contribution in [0.4, 0.5) is 0 Å². The number of halogens is 2. The summed E-state index contributed by atoms with van der Waals surface area (Å²) in [5.41, 5.74) is 1.08. The Bertz CT molecular complexity index is 381. The number of carbonyl (C=O) groups is 1. The topological polar surface area (TPSA) is 29.1 Å². The van der Waals surface area contributed by atoms with Crippen LogP contribution < -0.4 is 5.32 Å². The van der Waals surface area contributed by atoms with Gasteiger partial charge in [0.25, 0.3) is 0 Å². The number of rotatable bonds is 2. The third-order valence-electron chi connectivity index (χ3n) is 2.81.